The van der Waals surface area contributed by atoms with Gasteiger partial charge in [0.05, 0.1) is 32.6 Å². The van der Waals surface area contributed by atoms with Crippen LogP contribution in [0.1, 0.15) is 5.56 Å². The molecule has 0 N–H and O–H groups in total. The van der Waals surface area contributed by atoms with Crippen LogP contribution in [0.15, 0.2) is 21.5 Å². The lowest BCUT2D eigenvalue weighted by atomic mass is 10.2. The van der Waals surface area contributed by atoms with E-state index < -0.39 is 10.0 Å². The van der Waals surface area contributed by atoms with Gasteiger partial charge in [0.2, 0.25) is 6.21 Å². The summed E-state index contributed by atoms with van der Waals surface area (Å²) in [6.07, 6.45) is 1.59. The number of ether oxygens (including phenoxy) is 1. The molecule has 86 valence electrons. The van der Waals surface area contributed by atoms with Crippen LogP contribution < -0.4 is 4.74 Å². The molecule has 0 aliphatic carbocycles. The van der Waals surface area contributed by atoms with Crippen molar-refractivity contribution in [3.8, 4) is 5.75 Å². The van der Waals surface area contributed by atoms with Gasteiger partial charge in [0.1, 0.15) is 5.75 Å². The van der Waals surface area contributed by atoms with Gasteiger partial charge in [-0.2, -0.15) is 0 Å². The summed E-state index contributed by atoms with van der Waals surface area (Å²) in [4.78, 5) is -0.00776. The highest BCUT2D eigenvalue weighted by Crippen LogP contribution is 2.35. The van der Waals surface area contributed by atoms with Crippen molar-refractivity contribution in [3.63, 3.8) is 0 Å². The molecule has 0 bridgehead atoms. The number of rotatable bonds is 1. The van der Waals surface area contributed by atoms with Gasteiger partial charge in [-0.05, 0) is 12.1 Å². The lowest BCUT2D eigenvalue weighted by Crippen LogP contribution is -2.16. The molecule has 1 aromatic rings. The zero-order valence-electron chi connectivity index (χ0n) is 8.64. The fourth-order valence-electron chi connectivity index (χ4n) is 1.51. The van der Waals surface area contributed by atoms with Gasteiger partial charge in [-0.1, -0.05) is 16.3 Å². The van der Waals surface area contributed by atoms with Gasteiger partial charge < -0.3 is 9.29 Å². The van der Waals surface area contributed by atoms with Crippen LogP contribution in [0.5, 0.6) is 5.75 Å². The quantitative estimate of drug-likeness (QED) is 0.715. The van der Waals surface area contributed by atoms with Crippen molar-refractivity contribution in [2.75, 3.05) is 14.2 Å². The third-order valence-electron chi connectivity index (χ3n) is 2.13. The van der Waals surface area contributed by atoms with Crippen molar-refractivity contribution in [2.24, 2.45) is 4.47 Å². The number of methoxy groups -OCH3 is 1. The van der Waals surface area contributed by atoms with Crippen molar-refractivity contribution in [3.05, 3.63) is 22.7 Å². The minimum atomic E-state index is -3.75. The van der Waals surface area contributed by atoms with Gasteiger partial charge in [-0.15, -0.1) is 0 Å². The van der Waals surface area contributed by atoms with Crippen LogP contribution >= 0.6 is 11.6 Å². The summed E-state index contributed by atoms with van der Waals surface area (Å²) in [6, 6.07) is 3.25. The van der Waals surface area contributed by atoms with E-state index in [0.717, 1.165) is 0 Å². The lowest BCUT2D eigenvalue weighted by molar-refractivity contribution is -0.495. The number of nitrogens with zero attached hydrogens (tertiary/aromatic N) is 2. The molecule has 1 atom stereocenters. The molecule has 0 aromatic heterocycles. The predicted molar refractivity (Wildman–Crippen MR) is 59.0 cm³/mol. The van der Waals surface area contributed by atoms with E-state index in [4.69, 9.17) is 16.3 Å². The molecule has 0 amide bonds. The maximum absolute atomic E-state index is 11.8. The average Bonchev–Trinajstić information content (AvgIpc) is 2.15. The van der Waals surface area contributed by atoms with Crippen molar-refractivity contribution in [2.45, 2.75) is 4.90 Å². The summed E-state index contributed by atoms with van der Waals surface area (Å²) in [5.74, 6) is 0.317. The summed E-state index contributed by atoms with van der Waals surface area (Å²) in [7, 11) is -0.780. The summed E-state index contributed by atoms with van der Waals surface area (Å²) >= 11 is 5.96. The predicted octanol–water partition coefficient (Wildman–Crippen LogP) is 1.30. The van der Waals surface area contributed by atoms with Gasteiger partial charge in [-0.3, -0.25) is 4.21 Å². The van der Waals surface area contributed by atoms with Crippen LogP contribution in [0.4, 0.5) is 0 Å². The number of benzene rings is 1. The van der Waals surface area contributed by atoms with Crippen molar-refractivity contribution >= 4 is 27.8 Å². The smallest absolute Gasteiger partial charge is 0.205 e. The standard InChI is InChI=1S/C9H9ClN2O3S/c1-12-5-6-3-4-7(15-2)8(10)9(6)16(13,14)11-12/h3-5H,1-2H3. The maximum atomic E-state index is 11.8. The fraction of sp³-hybridized carbons (Fsp3) is 0.222. The van der Waals surface area contributed by atoms with E-state index >= 15 is 0 Å². The summed E-state index contributed by atoms with van der Waals surface area (Å²) < 4.78 is 33.3. The Morgan fingerprint density at radius 2 is 2.25 bits per heavy atom. The van der Waals surface area contributed by atoms with Crippen LogP contribution in [-0.2, 0) is 10.0 Å². The summed E-state index contributed by atoms with van der Waals surface area (Å²) in [5, 5.41) is 0.0631. The Morgan fingerprint density at radius 3 is 2.88 bits per heavy atom. The second-order valence-corrected chi connectivity index (χ2v) is 5.16. The van der Waals surface area contributed by atoms with Crippen LogP contribution in [0, 0.1) is 0 Å². The van der Waals surface area contributed by atoms with E-state index in [-0.39, 0.29) is 9.92 Å². The normalized spacial score (nSPS) is 23.1. The van der Waals surface area contributed by atoms with E-state index in [1.165, 1.54) is 11.8 Å². The molecule has 1 heterocycles. The SMILES string of the molecule is COc1ccc2c(c1Cl)S(=O)([O-])=N[N+](C)=C2. The Labute approximate surface area is 98.3 Å². The second-order valence-electron chi connectivity index (χ2n) is 3.26. The van der Waals surface area contributed by atoms with Gasteiger partial charge in [0.15, 0.2) is 7.05 Å². The van der Waals surface area contributed by atoms with Crippen molar-refractivity contribution in [1.82, 2.24) is 0 Å². The maximum Gasteiger partial charge on any atom is 0.205 e. The van der Waals surface area contributed by atoms with Crippen LogP contribution in [0.2, 0.25) is 5.02 Å². The molecule has 0 saturated heterocycles. The fourth-order valence-corrected chi connectivity index (χ4v) is 3.26. The molecule has 2 rings (SSSR count). The molecule has 0 radical (unpaired) electrons. The molecule has 0 saturated carbocycles. The highest BCUT2D eigenvalue weighted by Gasteiger charge is 2.22. The second kappa shape index (κ2) is 3.73. The highest BCUT2D eigenvalue weighted by atomic mass is 35.5. The molecule has 0 fully saturated rings. The zero-order valence-corrected chi connectivity index (χ0v) is 10.2. The van der Waals surface area contributed by atoms with Gasteiger partial charge >= 0.3 is 0 Å². The molecule has 5 nitrogen and oxygen atoms in total. The number of fused-ring (bicyclic) bond motifs is 1. The Bertz CT molecular complexity index is 603. The Hall–Kier alpha value is -1.11. The third-order valence-corrected chi connectivity index (χ3v) is 4.05. The first-order valence-corrected chi connectivity index (χ1v) is 6.19. The monoisotopic (exact) mass is 260 g/mol. The molecule has 0 spiro atoms. The largest absolute Gasteiger partial charge is 0.756 e. The van der Waals surface area contributed by atoms with Gasteiger partial charge in [0, 0.05) is 4.47 Å². The minimum absolute atomic E-state index is 0.00776. The van der Waals surface area contributed by atoms with E-state index in [0.29, 0.717) is 11.3 Å². The molecular formula is C9H9ClN2O3S. The number of halogens is 1. The Morgan fingerprint density at radius 1 is 1.56 bits per heavy atom. The first-order chi connectivity index (χ1) is 7.45. The number of hydrogen-bond donors (Lipinski definition) is 0. The van der Waals surface area contributed by atoms with E-state index in [9.17, 15) is 8.76 Å². The Balaban J connectivity index is 2.84. The van der Waals surface area contributed by atoms with Crippen molar-refractivity contribution < 1.29 is 18.2 Å². The molecule has 16 heavy (non-hydrogen) atoms. The zero-order chi connectivity index (χ0) is 11.9. The van der Waals surface area contributed by atoms with Crippen LogP contribution in [0.25, 0.3) is 0 Å². The summed E-state index contributed by atoms with van der Waals surface area (Å²) in [6.45, 7) is 0. The average molecular weight is 261 g/mol. The molecule has 1 unspecified atom stereocenters. The topological polar surface area (TPSA) is 64.7 Å². The molecule has 1 aliphatic rings. The van der Waals surface area contributed by atoms with E-state index in [2.05, 4.69) is 4.47 Å². The number of hydrogen-bond acceptors (Lipinski definition) is 4. The van der Waals surface area contributed by atoms with Crippen molar-refractivity contribution in [1.29, 1.82) is 0 Å². The van der Waals surface area contributed by atoms with Gasteiger partial charge in [0.25, 0.3) is 0 Å². The Kier molecular flexibility index (Phi) is 2.65. The summed E-state index contributed by atoms with van der Waals surface area (Å²) in [5.41, 5.74) is 0.503. The van der Waals surface area contributed by atoms with E-state index in [1.807, 2.05) is 0 Å². The molecule has 1 aliphatic heterocycles. The van der Waals surface area contributed by atoms with Gasteiger partial charge in [-0.25, -0.2) is 0 Å². The van der Waals surface area contributed by atoms with E-state index in [1.54, 1.807) is 25.4 Å². The first-order valence-electron chi connectivity index (χ1n) is 4.38. The third kappa shape index (κ3) is 1.68. The minimum Gasteiger partial charge on any atom is -0.756 e. The highest BCUT2D eigenvalue weighted by molar-refractivity contribution is 7.88. The van der Waals surface area contributed by atoms with Crippen LogP contribution in [0.3, 0.4) is 0 Å². The molecule has 7 heteroatoms. The molecule has 1 aromatic carbocycles. The van der Waals surface area contributed by atoms with Crippen LogP contribution in [-0.4, -0.2) is 33.8 Å². The lowest BCUT2D eigenvalue weighted by Gasteiger charge is -2.18. The first kappa shape index (κ1) is 11.4. The molecular weight excluding hydrogens is 252 g/mol.